The fraction of sp³-hybridized carbons (Fsp3) is 0.478. The molecule has 1 amide bonds. The van der Waals surface area contributed by atoms with E-state index in [9.17, 15) is 9.59 Å². The summed E-state index contributed by atoms with van der Waals surface area (Å²) < 4.78 is 3.49. The van der Waals surface area contributed by atoms with Crippen LogP contribution in [0.4, 0.5) is 0 Å². The van der Waals surface area contributed by atoms with Crippen LogP contribution in [0.15, 0.2) is 35.3 Å². The van der Waals surface area contributed by atoms with Crippen LogP contribution in [0.5, 0.6) is 0 Å². The average Bonchev–Trinajstić information content (AvgIpc) is 3.13. The summed E-state index contributed by atoms with van der Waals surface area (Å²) in [7, 11) is 0. The molecule has 3 aromatic rings. The van der Waals surface area contributed by atoms with Crippen molar-refractivity contribution in [3.05, 3.63) is 63.5 Å². The van der Waals surface area contributed by atoms with Crippen molar-refractivity contribution >= 4 is 11.6 Å². The molecule has 0 saturated carbocycles. The largest absolute Gasteiger partial charge is 0.335 e. The first-order valence-electron chi connectivity index (χ1n) is 11.2. The zero-order chi connectivity index (χ0) is 21.4. The molecule has 8 nitrogen and oxygen atoms in total. The van der Waals surface area contributed by atoms with Gasteiger partial charge >= 0.3 is 0 Å². The van der Waals surface area contributed by atoms with E-state index in [1.165, 1.54) is 0 Å². The smallest absolute Gasteiger partial charge is 0.272 e. The number of rotatable bonds is 4. The van der Waals surface area contributed by atoms with Gasteiger partial charge in [0.05, 0.1) is 17.9 Å². The molecule has 0 unspecified atom stereocenters. The number of aromatic nitrogens is 4. The Bertz CT molecular complexity index is 1170. The highest BCUT2D eigenvalue weighted by Gasteiger charge is 2.26. The summed E-state index contributed by atoms with van der Waals surface area (Å²) in [6.07, 6.45) is 6.14. The molecule has 4 heterocycles. The van der Waals surface area contributed by atoms with Crippen molar-refractivity contribution in [3.8, 4) is 0 Å². The topological polar surface area (TPSA) is 75.7 Å². The van der Waals surface area contributed by atoms with Gasteiger partial charge in [-0.25, -0.2) is 9.67 Å². The van der Waals surface area contributed by atoms with Crippen LogP contribution < -0.4 is 5.56 Å². The molecule has 8 heteroatoms. The second-order valence-corrected chi connectivity index (χ2v) is 8.49. The Morgan fingerprint density at radius 3 is 2.71 bits per heavy atom. The molecule has 1 aliphatic heterocycles. The number of nitrogens with zero attached hydrogens (tertiary/aromatic N) is 6. The maximum absolute atomic E-state index is 13.2. The van der Waals surface area contributed by atoms with Crippen LogP contribution in [0, 0.1) is 6.92 Å². The number of fused-ring (bicyclic) bond motifs is 2. The molecule has 0 radical (unpaired) electrons. The van der Waals surface area contributed by atoms with Gasteiger partial charge in [0.1, 0.15) is 11.3 Å². The predicted octanol–water partition coefficient (Wildman–Crippen LogP) is 1.54. The predicted molar refractivity (Wildman–Crippen MR) is 117 cm³/mol. The second kappa shape index (κ2) is 8.26. The van der Waals surface area contributed by atoms with Crippen LogP contribution in [-0.2, 0) is 19.4 Å². The second-order valence-electron chi connectivity index (χ2n) is 8.49. The lowest BCUT2D eigenvalue weighted by Crippen LogP contribution is -2.50. The molecule has 1 fully saturated rings. The van der Waals surface area contributed by atoms with E-state index in [1.54, 1.807) is 10.7 Å². The number of hydrogen-bond acceptors (Lipinski definition) is 5. The van der Waals surface area contributed by atoms with Gasteiger partial charge in [0.2, 0.25) is 0 Å². The molecular weight excluding hydrogens is 392 g/mol. The zero-order valence-corrected chi connectivity index (χ0v) is 18.0. The third-order valence-electron chi connectivity index (χ3n) is 6.47. The Hall–Kier alpha value is -3.00. The molecule has 0 bridgehead atoms. The number of carbonyl (C=O) groups excluding carboxylic acids is 1. The summed E-state index contributed by atoms with van der Waals surface area (Å²) in [5.74, 6) is 0.0309. The normalized spacial score (nSPS) is 17.1. The summed E-state index contributed by atoms with van der Waals surface area (Å²) in [4.78, 5) is 34.3. The third-order valence-corrected chi connectivity index (χ3v) is 6.47. The lowest BCUT2D eigenvalue weighted by Gasteiger charge is -2.34. The Morgan fingerprint density at radius 2 is 1.87 bits per heavy atom. The number of carbonyl (C=O) groups is 1. The minimum atomic E-state index is -0.00227. The molecule has 31 heavy (non-hydrogen) atoms. The zero-order valence-electron chi connectivity index (χ0n) is 18.0. The van der Waals surface area contributed by atoms with E-state index in [2.05, 4.69) is 15.0 Å². The Balaban J connectivity index is 1.21. The lowest BCUT2D eigenvalue weighted by molar-refractivity contribution is 0.0624. The molecule has 0 aromatic carbocycles. The van der Waals surface area contributed by atoms with E-state index >= 15 is 0 Å². The number of hydrogen-bond donors (Lipinski definition) is 0. The maximum atomic E-state index is 13.2. The first-order valence-corrected chi connectivity index (χ1v) is 11.2. The monoisotopic (exact) mass is 420 g/mol. The number of aryl methyl sites for hydroxylation is 3. The summed E-state index contributed by atoms with van der Waals surface area (Å²) in [6.45, 7) is 6.17. The molecule has 5 rings (SSSR count). The Morgan fingerprint density at radius 1 is 1.06 bits per heavy atom. The molecule has 1 saturated heterocycles. The molecule has 2 aliphatic rings. The fourth-order valence-corrected chi connectivity index (χ4v) is 4.69. The van der Waals surface area contributed by atoms with Gasteiger partial charge in [-0.15, -0.1) is 0 Å². The van der Waals surface area contributed by atoms with Gasteiger partial charge in [-0.05, 0) is 50.3 Å². The molecule has 0 spiro atoms. The first-order chi connectivity index (χ1) is 15.1. The van der Waals surface area contributed by atoms with Crippen LogP contribution in [0.1, 0.15) is 40.3 Å². The van der Waals surface area contributed by atoms with E-state index in [4.69, 9.17) is 0 Å². The quantitative estimate of drug-likeness (QED) is 0.640. The first kappa shape index (κ1) is 19.9. The van der Waals surface area contributed by atoms with Gasteiger partial charge in [0, 0.05) is 45.0 Å². The Labute approximate surface area is 181 Å². The summed E-state index contributed by atoms with van der Waals surface area (Å²) in [5.41, 5.74) is 4.42. The van der Waals surface area contributed by atoms with Crippen LogP contribution >= 0.6 is 0 Å². The van der Waals surface area contributed by atoms with Crippen LogP contribution in [0.2, 0.25) is 0 Å². The SMILES string of the molecule is Cc1nc2ccccn2c1C(=O)N1CCN(CCn2nc3c(cc2=O)CCCC3)CC1. The van der Waals surface area contributed by atoms with Crippen molar-refractivity contribution < 1.29 is 4.79 Å². The number of amides is 1. The molecular formula is C23H28N6O2. The van der Waals surface area contributed by atoms with Gasteiger partial charge in [0.25, 0.3) is 11.5 Å². The third kappa shape index (κ3) is 3.87. The van der Waals surface area contributed by atoms with Gasteiger partial charge in [-0.3, -0.25) is 18.9 Å². The summed E-state index contributed by atoms with van der Waals surface area (Å²) in [6, 6.07) is 7.53. The van der Waals surface area contributed by atoms with E-state index in [-0.39, 0.29) is 11.5 Å². The average molecular weight is 421 g/mol. The van der Waals surface area contributed by atoms with Crippen molar-refractivity contribution in [3.63, 3.8) is 0 Å². The van der Waals surface area contributed by atoms with Crippen LogP contribution in [0.3, 0.4) is 0 Å². The van der Waals surface area contributed by atoms with E-state index in [0.717, 1.165) is 67.9 Å². The highest BCUT2D eigenvalue weighted by Crippen LogP contribution is 2.17. The van der Waals surface area contributed by atoms with Crippen molar-refractivity contribution in [1.29, 1.82) is 0 Å². The fourth-order valence-electron chi connectivity index (χ4n) is 4.69. The van der Waals surface area contributed by atoms with Gasteiger partial charge in [-0.1, -0.05) is 6.07 Å². The van der Waals surface area contributed by atoms with Crippen molar-refractivity contribution in [1.82, 2.24) is 29.0 Å². The molecule has 3 aromatic heterocycles. The molecule has 1 aliphatic carbocycles. The molecule has 0 atom stereocenters. The highest BCUT2D eigenvalue weighted by atomic mass is 16.2. The van der Waals surface area contributed by atoms with E-state index in [0.29, 0.717) is 25.3 Å². The molecule has 0 N–H and O–H groups in total. The van der Waals surface area contributed by atoms with Gasteiger partial charge in [-0.2, -0.15) is 5.10 Å². The minimum absolute atomic E-state index is 0.00227. The van der Waals surface area contributed by atoms with Crippen molar-refractivity contribution in [2.45, 2.75) is 39.2 Å². The standard InChI is InChI=1S/C23H28N6O2/c1-17-22(28-9-5-4-8-20(28)24-17)23(31)27-13-10-26(11-14-27)12-15-29-21(30)16-18-6-2-3-7-19(18)25-29/h4-5,8-9,16H,2-3,6-7,10-15H2,1H3. The molecule has 162 valence electrons. The van der Waals surface area contributed by atoms with Crippen LogP contribution in [-0.4, -0.2) is 67.6 Å². The van der Waals surface area contributed by atoms with E-state index in [1.807, 2.05) is 40.6 Å². The number of pyridine rings is 1. The minimum Gasteiger partial charge on any atom is -0.335 e. The van der Waals surface area contributed by atoms with Gasteiger partial charge < -0.3 is 4.90 Å². The summed E-state index contributed by atoms with van der Waals surface area (Å²) in [5, 5.41) is 4.62. The lowest BCUT2D eigenvalue weighted by atomic mass is 9.97. The number of imidazole rings is 1. The van der Waals surface area contributed by atoms with Crippen molar-refractivity contribution in [2.24, 2.45) is 0 Å². The summed E-state index contributed by atoms with van der Waals surface area (Å²) >= 11 is 0. The van der Waals surface area contributed by atoms with Crippen molar-refractivity contribution in [2.75, 3.05) is 32.7 Å². The Kier molecular flexibility index (Phi) is 5.31. The van der Waals surface area contributed by atoms with E-state index < -0.39 is 0 Å². The highest BCUT2D eigenvalue weighted by molar-refractivity contribution is 5.94. The number of piperazine rings is 1. The maximum Gasteiger partial charge on any atom is 0.272 e. The van der Waals surface area contributed by atoms with Crippen LogP contribution in [0.25, 0.3) is 5.65 Å². The van der Waals surface area contributed by atoms with Gasteiger partial charge in [0.15, 0.2) is 0 Å².